The van der Waals surface area contributed by atoms with Gasteiger partial charge in [0.15, 0.2) is 0 Å². The number of halogens is 1. The van der Waals surface area contributed by atoms with Crippen molar-refractivity contribution < 1.29 is 9.18 Å². The van der Waals surface area contributed by atoms with Crippen LogP contribution in [0, 0.1) is 5.82 Å². The minimum absolute atomic E-state index is 0.284. The van der Waals surface area contributed by atoms with Gasteiger partial charge in [0, 0.05) is 33.4 Å². The molecule has 1 aromatic carbocycles. The maximum Gasteiger partial charge on any atom is 0.254 e. The minimum Gasteiger partial charge on any atom is -0.364 e. The molecule has 0 unspecified atom stereocenters. The SMILES string of the molecule is CNNC1=Nc2cccc(Nc3cc(Nc4ccc(F)cn4)ncc3C(=O)NC)c2N(C)C1. The normalized spacial score (nSPS) is 12.5. The number of nitrogens with zero attached hydrogens (tertiary/aromatic N) is 4. The Kier molecular flexibility index (Phi) is 6.31. The average molecular weight is 449 g/mol. The molecule has 2 aromatic heterocycles. The highest BCUT2D eigenvalue weighted by Crippen LogP contribution is 2.40. The van der Waals surface area contributed by atoms with E-state index in [1.54, 1.807) is 20.2 Å². The Bertz CT molecular complexity index is 1200. The van der Waals surface area contributed by atoms with Crippen LogP contribution in [0.1, 0.15) is 10.4 Å². The summed E-state index contributed by atoms with van der Waals surface area (Å²) in [4.78, 5) is 27.5. The molecule has 11 heteroatoms. The Labute approximate surface area is 190 Å². The highest BCUT2D eigenvalue weighted by atomic mass is 19.1. The van der Waals surface area contributed by atoms with Gasteiger partial charge in [0.1, 0.15) is 23.3 Å². The number of likely N-dealkylation sites (N-methyl/N-ethyl adjacent to an activating group) is 1. The molecule has 4 rings (SSSR count). The van der Waals surface area contributed by atoms with Crippen molar-refractivity contribution in [2.24, 2.45) is 4.99 Å². The van der Waals surface area contributed by atoms with E-state index in [-0.39, 0.29) is 5.91 Å². The second kappa shape index (κ2) is 9.49. The van der Waals surface area contributed by atoms with Crippen LogP contribution < -0.4 is 31.7 Å². The number of anilines is 5. The first-order chi connectivity index (χ1) is 16.0. The van der Waals surface area contributed by atoms with Crippen LogP contribution in [0.15, 0.2) is 53.8 Å². The van der Waals surface area contributed by atoms with Crippen molar-refractivity contribution in [3.63, 3.8) is 0 Å². The number of fused-ring (bicyclic) bond motifs is 1. The Morgan fingerprint density at radius 2 is 1.85 bits per heavy atom. The van der Waals surface area contributed by atoms with Crippen molar-refractivity contribution in [1.29, 1.82) is 0 Å². The molecular weight excluding hydrogens is 425 g/mol. The maximum absolute atomic E-state index is 13.2. The number of benzene rings is 1. The van der Waals surface area contributed by atoms with Gasteiger partial charge in [-0.15, -0.1) is 0 Å². The third-order valence-electron chi connectivity index (χ3n) is 4.94. The number of amidine groups is 1. The summed E-state index contributed by atoms with van der Waals surface area (Å²) >= 11 is 0. The largest absolute Gasteiger partial charge is 0.364 e. The monoisotopic (exact) mass is 449 g/mol. The van der Waals surface area contributed by atoms with Gasteiger partial charge in [-0.1, -0.05) is 6.07 Å². The molecule has 1 amide bonds. The summed E-state index contributed by atoms with van der Waals surface area (Å²) in [6.07, 6.45) is 2.59. The zero-order valence-electron chi connectivity index (χ0n) is 18.4. The molecule has 0 aliphatic carbocycles. The van der Waals surface area contributed by atoms with E-state index in [9.17, 15) is 9.18 Å². The van der Waals surface area contributed by atoms with Gasteiger partial charge < -0.3 is 26.3 Å². The quantitative estimate of drug-likeness (QED) is 0.365. The molecule has 0 atom stereocenters. The van der Waals surface area contributed by atoms with Gasteiger partial charge in [-0.3, -0.25) is 4.79 Å². The van der Waals surface area contributed by atoms with Crippen LogP contribution in [-0.4, -0.2) is 49.4 Å². The molecule has 3 aromatic rings. The number of aliphatic imine (C=N–C) groups is 1. The summed E-state index contributed by atoms with van der Waals surface area (Å²) in [6, 6.07) is 10.3. The van der Waals surface area contributed by atoms with E-state index in [2.05, 4.69) is 46.7 Å². The molecule has 1 aliphatic rings. The van der Waals surface area contributed by atoms with Crippen molar-refractivity contribution in [3.8, 4) is 0 Å². The number of hydrazine groups is 1. The Hall–Kier alpha value is -4.25. The van der Waals surface area contributed by atoms with E-state index in [4.69, 9.17) is 0 Å². The van der Waals surface area contributed by atoms with Gasteiger partial charge in [-0.25, -0.2) is 24.8 Å². The molecule has 10 nitrogen and oxygen atoms in total. The highest BCUT2D eigenvalue weighted by molar-refractivity contribution is 6.02. The number of amides is 1. The van der Waals surface area contributed by atoms with Gasteiger partial charge in [0.2, 0.25) is 0 Å². The van der Waals surface area contributed by atoms with Crippen molar-refractivity contribution in [1.82, 2.24) is 26.1 Å². The topological polar surface area (TPSA) is 119 Å². The number of aromatic nitrogens is 2. The first kappa shape index (κ1) is 22.0. The summed E-state index contributed by atoms with van der Waals surface area (Å²) in [5, 5.41) is 9.02. The lowest BCUT2D eigenvalue weighted by atomic mass is 10.1. The number of pyridine rings is 2. The lowest BCUT2D eigenvalue weighted by Gasteiger charge is -2.29. The highest BCUT2D eigenvalue weighted by Gasteiger charge is 2.21. The van der Waals surface area contributed by atoms with Crippen molar-refractivity contribution in [2.45, 2.75) is 0 Å². The molecule has 1 aliphatic heterocycles. The number of nitrogens with one attached hydrogen (secondary N) is 5. The molecule has 0 radical (unpaired) electrons. The van der Waals surface area contributed by atoms with Crippen molar-refractivity contribution >= 4 is 46.1 Å². The Balaban J connectivity index is 1.70. The molecule has 33 heavy (non-hydrogen) atoms. The molecule has 170 valence electrons. The van der Waals surface area contributed by atoms with Crippen LogP contribution in [0.5, 0.6) is 0 Å². The third kappa shape index (κ3) is 4.83. The van der Waals surface area contributed by atoms with E-state index in [0.717, 1.165) is 29.1 Å². The fourth-order valence-corrected chi connectivity index (χ4v) is 3.49. The van der Waals surface area contributed by atoms with Gasteiger partial charge in [-0.2, -0.15) is 0 Å². The number of carbonyl (C=O) groups is 1. The Morgan fingerprint density at radius 3 is 2.58 bits per heavy atom. The molecular formula is C22H24FN9O. The minimum atomic E-state index is -0.431. The lowest BCUT2D eigenvalue weighted by Crippen LogP contribution is -2.42. The molecule has 0 saturated heterocycles. The molecule has 3 heterocycles. The smallest absolute Gasteiger partial charge is 0.254 e. The van der Waals surface area contributed by atoms with Crippen LogP contribution in [0.3, 0.4) is 0 Å². The van der Waals surface area contributed by atoms with Crippen LogP contribution in [0.4, 0.5) is 38.8 Å². The van der Waals surface area contributed by atoms with Gasteiger partial charge >= 0.3 is 0 Å². The number of hydrogen-bond donors (Lipinski definition) is 5. The fourth-order valence-electron chi connectivity index (χ4n) is 3.49. The summed E-state index contributed by atoms with van der Waals surface area (Å²) in [5.41, 5.74) is 9.30. The second-order valence-corrected chi connectivity index (χ2v) is 7.27. The van der Waals surface area contributed by atoms with Crippen LogP contribution >= 0.6 is 0 Å². The van der Waals surface area contributed by atoms with E-state index < -0.39 is 5.82 Å². The van der Waals surface area contributed by atoms with E-state index in [0.29, 0.717) is 29.4 Å². The number of para-hydroxylation sites is 1. The third-order valence-corrected chi connectivity index (χ3v) is 4.94. The average Bonchev–Trinajstić information content (AvgIpc) is 2.80. The standard InChI is InChI=1S/C22H24FN9O/c1-24-22(33)14-11-27-19(30-18-8-7-13(23)10-26-18)9-17(14)28-15-5-4-6-16-21(15)32(3)12-20(29-16)31-25-2/h4-11,25H,12H2,1-3H3,(H,24,33)(H,29,31)(H2,26,27,28,30). The number of hydrogen-bond acceptors (Lipinski definition) is 9. The van der Waals surface area contributed by atoms with Crippen molar-refractivity contribution in [3.05, 3.63) is 60.2 Å². The summed E-state index contributed by atoms with van der Waals surface area (Å²) in [5.74, 6) is 0.949. The predicted octanol–water partition coefficient (Wildman–Crippen LogP) is 2.67. The van der Waals surface area contributed by atoms with Crippen molar-refractivity contribution in [2.75, 3.05) is 43.2 Å². The second-order valence-electron chi connectivity index (χ2n) is 7.27. The molecule has 5 N–H and O–H groups in total. The van der Waals surface area contributed by atoms with E-state index >= 15 is 0 Å². The fraction of sp³-hybridized carbons (Fsp3) is 0.182. The molecule has 0 bridgehead atoms. The molecule has 0 spiro atoms. The van der Waals surface area contributed by atoms with Crippen LogP contribution in [-0.2, 0) is 0 Å². The summed E-state index contributed by atoms with van der Waals surface area (Å²) in [6.45, 7) is 0.578. The predicted molar refractivity (Wildman–Crippen MR) is 127 cm³/mol. The van der Waals surface area contributed by atoms with E-state index in [1.807, 2.05) is 25.2 Å². The number of rotatable bonds is 6. The maximum atomic E-state index is 13.2. The van der Waals surface area contributed by atoms with Gasteiger partial charge in [-0.05, 0) is 24.3 Å². The van der Waals surface area contributed by atoms with Crippen LogP contribution in [0.2, 0.25) is 0 Å². The van der Waals surface area contributed by atoms with Crippen LogP contribution in [0.25, 0.3) is 0 Å². The molecule has 0 fully saturated rings. The molecule has 0 saturated carbocycles. The van der Waals surface area contributed by atoms with Gasteiger partial charge in [0.25, 0.3) is 5.91 Å². The lowest BCUT2D eigenvalue weighted by molar-refractivity contribution is 0.0963. The zero-order chi connectivity index (χ0) is 23.4. The first-order valence-electron chi connectivity index (χ1n) is 10.2. The first-order valence-corrected chi connectivity index (χ1v) is 10.2. The zero-order valence-corrected chi connectivity index (χ0v) is 18.4. The summed E-state index contributed by atoms with van der Waals surface area (Å²) < 4.78 is 13.2. The van der Waals surface area contributed by atoms with Gasteiger partial charge in [0.05, 0.1) is 41.1 Å². The summed E-state index contributed by atoms with van der Waals surface area (Å²) in [7, 11) is 5.31. The Morgan fingerprint density at radius 1 is 1.03 bits per heavy atom. The number of carbonyl (C=O) groups excluding carboxylic acids is 1. The van der Waals surface area contributed by atoms with E-state index in [1.165, 1.54) is 18.3 Å².